The van der Waals surface area contributed by atoms with Gasteiger partial charge in [-0.25, -0.2) is 0 Å². The normalized spacial score (nSPS) is 11.7. The van der Waals surface area contributed by atoms with Crippen molar-refractivity contribution in [3.8, 4) is 0 Å². The predicted molar refractivity (Wildman–Crippen MR) is 310 cm³/mol. The van der Waals surface area contributed by atoms with E-state index in [0.717, 1.165) is 0 Å². The van der Waals surface area contributed by atoms with Crippen LogP contribution in [0.1, 0.15) is 412 Å². The molecule has 0 saturated heterocycles. The van der Waals surface area contributed by atoms with Gasteiger partial charge in [-0.3, -0.25) is 0 Å². The molecule has 0 aliphatic rings. The monoisotopic (exact) mass is 942 g/mol. The molecule has 0 rings (SSSR count). The Balaban J connectivity index is 3.07. The Morgan fingerprint density at radius 1 is 0.119 bits per heavy atom. The second kappa shape index (κ2) is 66.0. The van der Waals surface area contributed by atoms with Crippen molar-refractivity contribution in [2.45, 2.75) is 412 Å². The topological polar surface area (TPSA) is 12.0 Å². The summed E-state index contributed by atoms with van der Waals surface area (Å²) in [6, 6.07) is 0. The molecule has 404 valence electrons. The highest BCUT2D eigenvalue weighted by Crippen LogP contribution is 2.19. The minimum atomic E-state index is 1.25. The second-order valence-corrected chi connectivity index (χ2v) is 23.0. The van der Waals surface area contributed by atoms with Crippen molar-refractivity contribution in [2.24, 2.45) is 0 Å². The highest BCUT2D eigenvalue weighted by atomic mass is 14.8. The lowest BCUT2D eigenvalue weighted by molar-refractivity contribution is 0.508. The van der Waals surface area contributed by atoms with E-state index in [9.17, 15) is 0 Å². The molecule has 0 spiro atoms. The molecule has 0 unspecified atom stereocenters. The lowest BCUT2D eigenvalue weighted by Gasteiger charge is -2.06. The van der Waals surface area contributed by atoms with Gasteiger partial charge in [-0.05, 0) is 25.9 Å². The smallest absolute Gasteiger partial charge is 0.00489 e. The Bertz CT molecular complexity index is 726. The largest absolute Gasteiger partial charge is 0.317 e. The third-order valence-electron chi connectivity index (χ3n) is 15.9. The van der Waals surface area contributed by atoms with Crippen LogP contribution in [0.5, 0.6) is 0 Å². The van der Waals surface area contributed by atoms with E-state index >= 15 is 0 Å². The zero-order valence-electron chi connectivity index (χ0n) is 47.8. The quantitative estimate of drug-likeness (QED) is 0.0599. The van der Waals surface area contributed by atoms with E-state index in [1.165, 1.54) is 411 Å². The average molecular weight is 943 g/mol. The van der Waals surface area contributed by atoms with Gasteiger partial charge >= 0.3 is 0 Å². The summed E-state index contributed by atoms with van der Waals surface area (Å²) in [5.74, 6) is 0. The highest BCUT2D eigenvalue weighted by Gasteiger charge is 2.00. The lowest BCUT2D eigenvalue weighted by atomic mass is 10.0. The fraction of sp³-hybridized carbons (Fsp3) is 1.00. The molecule has 0 aliphatic heterocycles. The van der Waals surface area contributed by atoms with Gasteiger partial charge in [0.05, 0.1) is 0 Å². The van der Waals surface area contributed by atoms with E-state index in [1.807, 2.05) is 0 Å². The Kier molecular flexibility index (Phi) is 65.9. The van der Waals surface area contributed by atoms with Gasteiger partial charge < -0.3 is 5.32 Å². The van der Waals surface area contributed by atoms with Gasteiger partial charge in [0.2, 0.25) is 0 Å². The number of rotatable bonds is 64. The van der Waals surface area contributed by atoms with Crippen LogP contribution in [0.3, 0.4) is 0 Å². The molecule has 1 N–H and O–H groups in total. The third kappa shape index (κ3) is 66.0. The maximum atomic E-state index is 3.73. The Morgan fingerprint density at radius 3 is 0.313 bits per heavy atom. The van der Waals surface area contributed by atoms with Crippen LogP contribution < -0.4 is 5.32 Å². The van der Waals surface area contributed by atoms with Gasteiger partial charge in [0.25, 0.3) is 0 Å². The summed E-state index contributed by atoms with van der Waals surface area (Å²) in [6.07, 6.45) is 91.6. The van der Waals surface area contributed by atoms with E-state index in [-0.39, 0.29) is 0 Å². The van der Waals surface area contributed by atoms with Crippen molar-refractivity contribution >= 4 is 0 Å². The standard InChI is InChI=1S/C66H135N/c1-3-5-7-9-11-13-15-17-19-21-23-25-27-29-31-33-35-37-39-41-43-45-47-49-51-53-55-57-59-61-63-65-67-66-64-62-60-58-56-54-52-50-48-46-44-42-40-38-36-34-32-30-28-26-24-22-20-18-16-14-12-10-8-6-4-2/h67H,3-66H2,1-2H3. The first-order valence-electron chi connectivity index (χ1n) is 33.1. The zero-order valence-corrected chi connectivity index (χ0v) is 47.8. The van der Waals surface area contributed by atoms with Crippen molar-refractivity contribution in [3.05, 3.63) is 0 Å². The minimum absolute atomic E-state index is 1.25. The summed E-state index contributed by atoms with van der Waals surface area (Å²) < 4.78 is 0. The van der Waals surface area contributed by atoms with Gasteiger partial charge in [0.15, 0.2) is 0 Å². The SMILES string of the molecule is CCCCCCCCCCCCCCCCCCCCCCCCCCCCCCCCCNCCCCCCCCCCCCCCCCCCCCCCCCCCCCCCCCC. The summed E-state index contributed by atoms with van der Waals surface area (Å²) in [7, 11) is 0. The maximum Gasteiger partial charge on any atom is -0.00489 e. The molecule has 0 radical (unpaired) electrons. The van der Waals surface area contributed by atoms with E-state index in [2.05, 4.69) is 19.2 Å². The predicted octanol–water partition coefficient (Wildman–Crippen LogP) is 24.8. The molecule has 0 bridgehead atoms. The first-order valence-corrected chi connectivity index (χ1v) is 33.1. The molecule has 0 aromatic heterocycles. The molecule has 0 atom stereocenters. The molecule has 0 aromatic carbocycles. The molecule has 0 aromatic rings. The first-order chi connectivity index (χ1) is 33.4. The second-order valence-electron chi connectivity index (χ2n) is 23.0. The van der Waals surface area contributed by atoms with E-state index in [1.54, 1.807) is 0 Å². The van der Waals surface area contributed by atoms with Crippen LogP contribution in [0.25, 0.3) is 0 Å². The molecule has 1 heteroatoms. The number of nitrogens with one attached hydrogen (secondary N) is 1. The van der Waals surface area contributed by atoms with Crippen LogP contribution in [0.4, 0.5) is 0 Å². The lowest BCUT2D eigenvalue weighted by Crippen LogP contribution is -2.16. The summed E-state index contributed by atoms with van der Waals surface area (Å²) in [5.41, 5.74) is 0. The molecular formula is C66H135N. The van der Waals surface area contributed by atoms with Crippen molar-refractivity contribution in [2.75, 3.05) is 13.1 Å². The minimum Gasteiger partial charge on any atom is -0.317 e. The van der Waals surface area contributed by atoms with Crippen LogP contribution in [-0.4, -0.2) is 13.1 Å². The summed E-state index contributed by atoms with van der Waals surface area (Å²) >= 11 is 0. The van der Waals surface area contributed by atoms with Crippen LogP contribution in [0.2, 0.25) is 0 Å². The Hall–Kier alpha value is -0.0400. The van der Waals surface area contributed by atoms with Crippen LogP contribution >= 0.6 is 0 Å². The van der Waals surface area contributed by atoms with Crippen LogP contribution in [-0.2, 0) is 0 Å². The molecule has 0 amide bonds. The van der Waals surface area contributed by atoms with Gasteiger partial charge in [-0.1, -0.05) is 399 Å². The molecule has 67 heavy (non-hydrogen) atoms. The number of hydrogen-bond acceptors (Lipinski definition) is 1. The van der Waals surface area contributed by atoms with E-state index in [0.29, 0.717) is 0 Å². The highest BCUT2D eigenvalue weighted by molar-refractivity contribution is 4.57. The molecule has 0 fully saturated rings. The molecular weight excluding hydrogens is 807 g/mol. The number of unbranched alkanes of at least 4 members (excludes halogenated alkanes) is 60. The molecule has 1 nitrogen and oxygen atoms in total. The van der Waals surface area contributed by atoms with Gasteiger partial charge in [-0.15, -0.1) is 0 Å². The third-order valence-corrected chi connectivity index (χ3v) is 15.9. The van der Waals surface area contributed by atoms with Crippen molar-refractivity contribution in [1.82, 2.24) is 5.32 Å². The van der Waals surface area contributed by atoms with E-state index < -0.39 is 0 Å². The first kappa shape index (κ1) is 67.0. The van der Waals surface area contributed by atoms with Gasteiger partial charge in [0.1, 0.15) is 0 Å². The average Bonchev–Trinajstić information content (AvgIpc) is 3.34. The summed E-state index contributed by atoms with van der Waals surface area (Å²) in [5, 5.41) is 3.73. The zero-order chi connectivity index (χ0) is 48.0. The Morgan fingerprint density at radius 2 is 0.209 bits per heavy atom. The van der Waals surface area contributed by atoms with E-state index in [4.69, 9.17) is 0 Å². The molecule has 0 heterocycles. The van der Waals surface area contributed by atoms with Crippen molar-refractivity contribution in [3.63, 3.8) is 0 Å². The summed E-state index contributed by atoms with van der Waals surface area (Å²) in [4.78, 5) is 0. The molecule has 0 aliphatic carbocycles. The fourth-order valence-electron chi connectivity index (χ4n) is 11.0. The Labute approximate surface area is 428 Å². The molecule has 0 saturated carbocycles. The number of hydrogen-bond donors (Lipinski definition) is 1. The van der Waals surface area contributed by atoms with Gasteiger partial charge in [0, 0.05) is 0 Å². The summed E-state index contributed by atoms with van der Waals surface area (Å²) in [6.45, 7) is 7.13. The van der Waals surface area contributed by atoms with Crippen LogP contribution in [0, 0.1) is 0 Å². The van der Waals surface area contributed by atoms with Gasteiger partial charge in [-0.2, -0.15) is 0 Å². The van der Waals surface area contributed by atoms with Crippen molar-refractivity contribution < 1.29 is 0 Å². The maximum absolute atomic E-state index is 3.73. The van der Waals surface area contributed by atoms with Crippen molar-refractivity contribution in [1.29, 1.82) is 0 Å². The fourth-order valence-corrected chi connectivity index (χ4v) is 11.0. The van der Waals surface area contributed by atoms with Crippen LogP contribution in [0.15, 0.2) is 0 Å².